The molecule has 5 aromatic rings. The molecule has 0 bridgehead atoms. The molecule has 2 aliphatic rings. The van der Waals surface area contributed by atoms with Gasteiger partial charge in [0.25, 0.3) is 0 Å². The molecule has 0 aliphatic carbocycles. The van der Waals surface area contributed by atoms with Crippen molar-refractivity contribution in [2.45, 2.75) is 25.9 Å². The average molecular weight is 612 g/mol. The van der Waals surface area contributed by atoms with Crippen LogP contribution in [0.1, 0.15) is 28.8 Å². The summed E-state index contributed by atoms with van der Waals surface area (Å²) in [6.45, 7) is 3.23. The van der Waals surface area contributed by atoms with Crippen LogP contribution < -0.4 is 20.1 Å². The van der Waals surface area contributed by atoms with Crippen molar-refractivity contribution in [3.63, 3.8) is 0 Å². The van der Waals surface area contributed by atoms with E-state index in [4.69, 9.17) is 14.5 Å². The summed E-state index contributed by atoms with van der Waals surface area (Å²) in [5, 5.41) is 0.528. The van der Waals surface area contributed by atoms with Crippen LogP contribution in [0.4, 0.5) is 15.8 Å². The van der Waals surface area contributed by atoms with Gasteiger partial charge in [0, 0.05) is 49.7 Å². The lowest BCUT2D eigenvalue weighted by atomic mass is 10.1. The van der Waals surface area contributed by atoms with Crippen LogP contribution in [0.15, 0.2) is 77.9 Å². The van der Waals surface area contributed by atoms with Gasteiger partial charge in [-0.05, 0) is 35.7 Å². The Morgan fingerprint density at radius 3 is 2.52 bits per heavy atom. The van der Waals surface area contributed by atoms with Gasteiger partial charge in [-0.25, -0.2) is 14.4 Å². The molecule has 0 radical (unpaired) electrons. The highest BCUT2D eigenvalue weighted by Gasteiger charge is 2.28. The van der Waals surface area contributed by atoms with Crippen molar-refractivity contribution in [2.75, 3.05) is 42.6 Å². The summed E-state index contributed by atoms with van der Waals surface area (Å²) in [5.74, 6) is -0.197. The standard InChI is InChI=1S/C33H30FN5O4S/c34-24-10-8-22(9-11-24)17-26-19-35-32(44-26)29-30(43-21-23-5-2-1-3-6-23)33(41)39-20-25(37-13-15-42-16-14-37)18-27(31(39)36-29)38-12-4-7-28(38)40/h1-3,5-6,8-11,18-20H,4,7,12-17,21H2. The Hall–Kier alpha value is -4.61. The van der Waals surface area contributed by atoms with E-state index in [1.54, 1.807) is 29.4 Å². The quantitative estimate of drug-likeness (QED) is 0.242. The zero-order chi connectivity index (χ0) is 30.0. The number of hydrogen-bond donors (Lipinski definition) is 0. The number of thiazole rings is 1. The largest absolute Gasteiger partial charge is 0.481 e. The summed E-state index contributed by atoms with van der Waals surface area (Å²) in [6.07, 6.45) is 5.27. The average Bonchev–Trinajstić information content (AvgIpc) is 3.71. The molecule has 7 rings (SSSR count). The van der Waals surface area contributed by atoms with Crippen molar-refractivity contribution in [2.24, 2.45) is 0 Å². The fourth-order valence-electron chi connectivity index (χ4n) is 5.59. The van der Waals surface area contributed by atoms with Crippen LogP contribution in [0.5, 0.6) is 5.75 Å². The Labute approximate surface area is 257 Å². The van der Waals surface area contributed by atoms with E-state index in [1.165, 1.54) is 27.9 Å². The van der Waals surface area contributed by atoms with Crippen molar-refractivity contribution < 1.29 is 18.7 Å². The Bertz CT molecular complexity index is 1870. The molecule has 0 atom stereocenters. The number of aromatic nitrogens is 3. The lowest BCUT2D eigenvalue weighted by molar-refractivity contribution is -0.117. The van der Waals surface area contributed by atoms with Gasteiger partial charge in [0.15, 0.2) is 5.65 Å². The third-order valence-corrected chi connectivity index (χ3v) is 8.87. The highest BCUT2D eigenvalue weighted by Crippen LogP contribution is 2.35. The zero-order valence-electron chi connectivity index (χ0n) is 23.9. The number of halogens is 1. The van der Waals surface area contributed by atoms with Crippen molar-refractivity contribution in [1.82, 2.24) is 14.4 Å². The van der Waals surface area contributed by atoms with Crippen LogP contribution in [-0.2, 0) is 22.6 Å². The first kappa shape index (κ1) is 28.2. The van der Waals surface area contributed by atoms with Crippen LogP contribution in [0.3, 0.4) is 0 Å². The van der Waals surface area contributed by atoms with Gasteiger partial charge in [0.2, 0.25) is 11.7 Å². The van der Waals surface area contributed by atoms with Crippen LogP contribution in [0, 0.1) is 5.82 Å². The summed E-state index contributed by atoms with van der Waals surface area (Å²) < 4.78 is 26.8. The van der Waals surface area contributed by atoms with Crippen LogP contribution in [-0.4, -0.2) is 53.1 Å². The molecule has 1 amide bonds. The first-order valence-electron chi connectivity index (χ1n) is 14.6. The van der Waals surface area contributed by atoms with Crippen molar-refractivity contribution in [3.8, 4) is 16.5 Å². The molecule has 5 heterocycles. The number of pyridine rings is 1. The van der Waals surface area contributed by atoms with E-state index < -0.39 is 0 Å². The van der Waals surface area contributed by atoms with E-state index in [1.807, 2.05) is 36.4 Å². The highest BCUT2D eigenvalue weighted by molar-refractivity contribution is 7.15. The van der Waals surface area contributed by atoms with E-state index in [0.29, 0.717) is 67.7 Å². The van der Waals surface area contributed by atoms with Crippen LogP contribution >= 0.6 is 11.3 Å². The van der Waals surface area contributed by atoms with Crippen molar-refractivity contribution in [3.05, 3.63) is 105 Å². The third-order valence-electron chi connectivity index (χ3n) is 7.86. The molecule has 3 aromatic heterocycles. The molecule has 2 fully saturated rings. The Morgan fingerprint density at radius 1 is 0.977 bits per heavy atom. The summed E-state index contributed by atoms with van der Waals surface area (Å²) in [6, 6.07) is 17.9. The molecule has 2 aliphatic heterocycles. The van der Waals surface area contributed by atoms with Gasteiger partial charge in [0.05, 0.1) is 24.6 Å². The topological polar surface area (TPSA) is 89.3 Å². The number of hydrogen-bond acceptors (Lipinski definition) is 8. The van der Waals surface area contributed by atoms with E-state index in [-0.39, 0.29) is 29.6 Å². The Balaban J connectivity index is 1.37. The van der Waals surface area contributed by atoms with Gasteiger partial charge in [0.1, 0.15) is 23.1 Å². The van der Waals surface area contributed by atoms with Gasteiger partial charge in [-0.1, -0.05) is 42.5 Å². The number of amides is 1. The number of carbonyl (C=O) groups is 1. The predicted molar refractivity (Wildman–Crippen MR) is 167 cm³/mol. The minimum absolute atomic E-state index is 0.00191. The molecule has 0 unspecified atom stereocenters. The fraction of sp³-hybridized carbons (Fsp3) is 0.273. The molecule has 224 valence electrons. The number of fused-ring (bicyclic) bond motifs is 1. The van der Waals surface area contributed by atoms with E-state index in [0.717, 1.165) is 28.1 Å². The van der Waals surface area contributed by atoms with E-state index in [9.17, 15) is 14.0 Å². The number of morpholine rings is 1. The number of ether oxygens (including phenoxy) is 2. The molecular weight excluding hydrogens is 581 g/mol. The molecular formula is C33H30FN5O4S. The summed E-state index contributed by atoms with van der Waals surface area (Å²) in [5.41, 5.74) is 3.58. The first-order chi connectivity index (χ1) is 21.5. The van der Waals surface area contributed by atoms with E-state index >= 15 is 0 Å². The van der Waals surface area contributed by atoms with E-state index in [2.05, 4.69) is 9.88 Å². The normalized spacial score (nSPS) is 15.3. The minimum atomic E-state index is -0.376. The SMILES string of the molecule is O=C1CCCN1c1cc(N2CCOCC2)cn2c(=O)c(OCc3ccccc3)c(-c3ncc(Cc4ccc(F)cc4)s3)nc12. The van der Waals surface area contributed by atoms with Crippen LogP contribution in [0.2, 0.25) is 0 Å². The van der Waals surface area contributed by atoms with Crippen molar-refractivity contribution in [1.29, 1.82) is 0 Å². The van der Waals surface area contributed by atoms with Crippen LogP contribution in [0.25, 0.3) is 16.3 Å². The van der Waals surface area contributed by atoms with Gasteiger partial charge >= 0.3 is 5.56 Å². The molecule has 2 saturated heterocycles. The van der Waals surface area contributed by atoms with Crippen molar-refractivity contribution >= 4 is 34.3 Å². The maximum atomic E-state index is 14.3. The minimum Gasteiger partial charge on any atom is -0.481 e. The highest BCUT2D eigenvalue weighted by atomic mass is 32.1. The molecule has 9 nitrogen and oxygen atoms in total. The smallest absolute Gasteiger partial charge is 0.301 e. The molecule has 2 aromatic carbocycles. The van der Waals surface area contributed by atoms with Gasteiger partial charge in [-0.2, -0.15) is 0 Å². The lowest BCUT2D eigenvalue weighted by Gasteiger charge is -2.30. The van der Waals surface area contributed by atoms with Gasteiger partial charge < -0.3 is 19.3 Å². The Morgan fingerprint density at radius 2 is 1.77 bits per heavy atom. The lowest BCUT2D eigenvalue weighted by Crippen LogP contribution is -2.37. The van der Waals surface area contributed by atoms with Gasteiger partial charge in [-0.15, -0.1) is 11.3 Å². The third kappa shape index (κ3) is 5.68. The number of rotatable bonds is 8. The number of carbonyl (C=O) groups excluding carboxylic acids is 1. The number of anilines is 2. The molecule has 0 saturated carbocycles. The second kappa shape index (κ2) is 12.2. The second-order valence-corrected chi connectivity index (χ2v) is 11.9. The number of nitrogens with zero attached hydrogens (tertiary/aromatic N) is 5. The number of benzene rings is 2. The molecule has 11 heteroatoms. The summed E-state index contributed by atoms with van der Waals surface area (Å²) >= 11 is 1.40. The fourth-order valence-corrected chi connectivity index (χ4v) is 6.53. The maximum Gasteiger partial charge on any atom is 0.301 e. The summed E-state index contributed by atoms with van der Waals surface area (Å²) in [4.78, 5) is 41.8. The predicted octanol–water partition coefficient (Wildman–Crippen LogP) is 5.09. The Kier molecular flexibility index (Phi) is 7.80. The maximum absolute atomic E-state index is 14.3. The zero-order valence-corrected chi connectivity index (χ0v) is 24.8. The second-order valence-electron chi connectivity index (χ2n) is 10.8. The first-order valence-corrected chi connectivity index (χ1v) is 15.4. The van der Waals surface area contributed by atoms with Gasteiger partial charge in [-0.3, -0.25) is 14.0 Å². The molecule has 0 N–H and O–H groups in total. The molecule has 44 heavy (non-hydrogen) atoms. The summed E-state index contributed by atoms with van der Waals surface area (Å²) in [7, 11) is 0. The molecule has 0 spiro atoms. The monoisotopic (exact) mass is 611 g/mol.